The highest BCUT2D eigenvalue weighted by Gasteiger charge is 2.52. The summed E-state index contributed by atoms with van der Waals surface area (Å²) in [6.45, 7) is 7.27. The summed E-state index contributed by atoms with van der Waals surface area (Å²) in [4.78, 5) is 0. The Morgan fingerprint density at radius 3 is 1.60 bits per heavy atom. The van der Waals surface area contributed by atoms with Crippen LogP contribution in [0.15, 0.2) is 0 Å². The van der Waals surface area contributed by atoms with Gasteiger partial charge in [-0.25, -0.2) is 0 Å². The van der Waals surface area contributed by atoms with Gasteiger partial charge in [-0.1, -0.05) is 29.4 Å². The Hall–Kier alpha value is 0.430. The van der Waals surface area contributed by atoms with Crippen molar-refractivity contribution in [2.45, 2.75) is 69.6 Å². The van der Waals surface area contributed by atoms with Gasteiger partial charge in [0, 0.05) is 0 Å². The lowest BCUT2D eigenvalue weighted by molar-refractivity contribution is 0.0361. The molecule has 0 atom stereocenters. The van der Waals surface area contributed by atoms with Gasteiger partial charge in [-0.2, -0.15) is 0 Å². The Labute approximate surface area is 96.4 Å². The van der Waals surface area contributed by atoms with Gasteiger partial charge in [0.25, 0.3) is 0 Å². The molecule has 0 nitrogen and oxygen atoms in total. The Morgan fingerprint density at radius 1 is 0.867 bits per heavy atom. The minimum atomic E-state index is 0.520. The summed E-state index contributed by atoms with van der Waals surface area (Å²) in [5.41, 5.74) is 0. The van der Waals surface area contributed by atoms with Gasteiger partial charge in [0.2, 0.25) is 0 Å². The predicted octanol–water partition coefficient (Wildman–Crippen LogP) is 4.70. The second-order valence-electron chi connectivity index (χ2n) is 7.42. The van der Waals surface area contributed by atoms with Gasteiger partial charge >= 0.3 is 0 Å². The van der Waals surface area contributed by atoms with Gasteiger partial charge in [-0.15, -0.1) is 0 Å². The fourth-order valence-electron chi connectivity index (χ4n) is 4.91. The summed E-state index contributed by atoms with van der Waals surface area (Å²) in [6.07, 6.45) is 9.45. The SMILES string of the molecule is CC(C)(C)[P]C12CC3CC(CC(C3)C1)C2. The average Bonchev–Trinajstić information content (AvgIpc) is 1.94. The van der Waals surface area contributed by atoms with Crippen molar-refractivity contribution >= 4 is 8.58 Å². The van der Waals surface area contributed by atoms with Gasteiger partial charge in [0.15, 0.2) is 0 Å². The van der Waals surface area contributed by atoms with Crippen LogP contribution in [0.25, 0.3) is 0 Å². The summed E-state index contributed by atoms with van der Waals surface area (Å²) < 4.78 is 0. The molecule has 0 saturated heterocycles. The first kappa shape index (κ1) is 10.6. The average molecular weight is 223 g/mol. The Balaban J connectivity index is 1.81. The van der Waals surface area contributed by atoms with Gasteiger partial charge < -0.3 is 0 Å². The molecule has 4 fully saturated rings. The third kappa shape index (κ3) is 1.99. The van der Waals surface area contributed by atoms with Gasteiger partial charge in [-0.05, 0) is 66.6 Å². The number of hydrogen-bond acceptors (Lipinski definition) is 0. The molecule has 0 amide bonds. The Kier molecular flexibility index (Phi) is 2.27. The Bertz CT molecular complexity index is 226. The third-order valence-corrected chi connectivity index (χ3v) is 6.27. The van der Waals surface area contributed by atoms with Crippen LogP contribution in [0.2, 0.25) is 0 Å². The van der Waals surface area contributed by atoms with Crippen LogP contribution in [0.5, 0.6) is 0 Å². The molecule has 85 valence electrons. The van der Waals surface area contributed by atoms with E-state index in [1.165, 1.54) is 0 Å². The van der Waals surface area contributed by atoms with Crippen LogP contribution < -0.4 is 0 Å². The standard InChI is InChI=1S/C14H24P/c1-13(2,3)15-14-7-10-4-11(8-14)6-12(5-10)9-14/h10-12H,4-9H2,1-3H3. The summed E-state index contributed by atoms with van der Waals surface area (Å²) in [7, 11) is 1.76. The van der Waals surface area contributed by atoms with Crippen molar-refractivity contribution in [2.24, 2.45) is 17.8 Å². The fourth-order valence-corrected chi connectivity index (χ4v) is 7.38. The summed E-state index contributed by atoms with van der Waals surface area (Å²) in [5, 5.41) is 1.28. The third-order valence-electron chi connectivity index (χ3n) is 4.58. The first-order chi connectivity index (χ1) is 6.94. The van der Waals surface area contributed by atoms with E-state index in [1.54, 1.807) is 47.1 Å². The molecule has 4 bridgehead atoms. The highest BCUT2D eigenvalue weighted by Crippen LogP contribution is 2.64. The van der Waals surface area contributed by atoms with E-state index >= 15 is 0 Å². The van der Waals surface area contributed by atoms with Gasteiger partial charge in [-0.3, -0.25) is 0 Å². The zero-order chi connectivity index (χ0) is 10.7. The maximum absolute atomic E-state index is 2.42. The molecule has 1 heteroatoms. The maximum atomic E-state index is 2.42. The van der Waals surface area contributed by atoms with E-state index in [0.29, 0.717) is 5.16 Å². The molecule has 4 aliphatic rings. The fraction of sp³-hybridized carbons (Fsp3) is 1.00. The predicted molar refractivity (Wildman–Crippen MR) is 67.6 cm³/mol. The van der Waals surface area contributed by atoms with Crippen LogP contribution >= 0.6 is 8.58 Å². The molecular weight excluding hydrogens is 199 g/mol. The van der Waals surface area contributed by atoms with Crippen molar-refractivity contribution in [1.29, 1.82) is 0 Å². The molecule has 0 heterocycles. The lowest BCUT2D eigenvalue weighted by Crippen LogP contribution is -2.49. The van der Waals surface area contributed by atoms with E-state index in [0.717, 1.165) is 22.9 Å². The topological polar surface area (TPSA) is 0 Å². The molecule has 4 aliphatic carbocycles. The largest absolute Gasteiger partial charge is 0.0680 e. The van der Waals surface area contributed by atoms with Crippen molar-refractivity contribution in [3.63, 3.8) is 0 Å². The highest BCUT2D eigenvalue weighted by molar-refractivity contribution is 7.41. The smallest absolute Gasteiger partial charge is 0.00429 e. The van der Waals surface area contributed by atoms with Crippen LogP contribution in [0.4, 0.5) is 0 Å². The normalized spacial score (nSPS) is 49.4. The summed E-state index contributed by atoms with van der Waals surface area (Å²) in [6, 6.07) is 0. The molecule has 0 aromatic carbocycles. The number of hydrogen-bond donors (Lipinski definition) is 0. The zero-order valence-corrected chi connectivity index (χ0v) is 11.3. The van der Waals surface area contributed by atoms with Gasteiger partial charge in [0.1, 0.15) is 0 Å². The lowest BCUT2D eigenvalue weighted by atomic mass is 9.56. The molecule has 4 rings (SSSR count). The minimum Gasteiger partial charge on any atom is -0.0680 e. The van der Waals surface area contributed by atoms with E-state index in [-0.39, 0.29) is 0 Å². The first-order valence-corrected chi connectivity index (χ1v) is 7.58. The summed E-state index contributed by atoms with van der Waals surface area (Å²) in [5.74, 6) is 3.35. The second-order valence-corrected chi connectivity index (χ2v) is 9.94. The molecule has 0 aromatic heterocycles. The minimum absolute atomic E-state index is 0.520. The van der Waals surface area contributed by atoms with Gasteiger partial charge in [0.05, 0.1) is 0 Å². The number of rotatable bonds is 1. The Morgan fingerprint density at radius 2 is 1.27 bits per heavy atom. The van der Waals surface area contributed by atoms with E-state index in [2.05, 4.69) is 20.8 Å². The van der Waals surface area contributed by atoms with E-state index in [9.17, 15) is 0 Å². The van der Waals surface area contributed by atoms with Crippen molar-refractivity contribution in [1.82, 2.24) is 0 Å². The molecule has 0 unspecified atom stereocenters. The molecule has 4 saturated carbocycles. The van der Waals surface area contributed by atoms with Crippen molar-refractivity contribution in [3.05, 3.63) is 0 Å². The van der Waals surface area contributed by atoms with Crippen LogP contribution in [0.1, 0.15) is 59.3 Å². The van der Waals surface area contributed by atoms with Crippen LogP contribution in [-0.4, -0.2) is 10.3 Å². The maximum Gasteiger partial charge on any atom is -0.00429 e. The quantitative estimate of drug-likeness (QED) is 0.565. The van der Waals surface area contributed by atoms with Crippen molar-refractivity contribution in [2.75, 3.05) is 0 Å². The molecule has 0 spiro atoms. The molecule has 0 N–H and O–H groups in total. The summed E-state index contributed by atoms with van der Waals surface area (Å²) >= 11 is 0. The van der Waals surface area contributed by atoms with E-state index < -0.39 is 0 Å². The van der Waals surface area contributed by atoms with E-state index in [1.807, 2.05) is 0 Å². The van der Waals surface area contributed by atoms with Crippen molar-refractivity contribution in [3.8, 4) is 0 Å². The van der Waals surface area contributed by atoms with Crippen LogP contribution in [0, 0.1) is 17.8 Å². The van der Waals surface area contributed by atoms with E-state index in [4.69, 9.17) is 0 Å². The molecule has 15 heavy (non-hydrogen) atoms. The molecule has 0 aliphatic heterocycles. The lowest BCUT2D eigenvalue weighted by Gasteiger charge is -2.58. The van der Waals surface area contributed by atoms with Crippen LogP contribution in [-0.2, 0) is 0 Å². The van der Waals surface area contributed by atoms with Crippen LogP contribution in [0.3, 0.4) is 0 Å². The zero-order valence-electron chi connectivity index (χ0n) is 10.4. The molecular formula is C14H24P. The van der Waals surface area contributed by atoms with Crippen molar-refractivity contribution < 1.29 is 0 Å². The second kappa shape index (κ2) is 3.22. The highest BCUT2D eigenvalue weighted by atomic mass is 31.1. The first-order valence-electron chi connectivity index (χ1n) is 6.68. The monoisotopic (exact) mass is 223 g/mol. The molecule has 1 radical (unpaired) electrons. The molecule has 0 aromatic rings.